The van der Waals surface area contributed by atoms with Crippen LogP contribution in [-0.2, 0) is 0 Å². The molecule has 78 valence electrons. The minimum absolute atomic E-state index is 0.887. The van der Waals surface area contributed by atoms with E-state index in [4.69, 9.17) is 4.52 Å². The van der Waals surface area contributed by atoms with E-state index in [0.717, 1.165) is 24.1 Å². The van der Waals surface area contributed by atoms with Crippen LogP contribution in [0.15, 0.2) is 28.9 Å². The molecule has 3 rings (SSSR count). The average molecular weight is 202 g/mol. The van der Waals surface area contributed by atoms with Crippen LogP contribution in [0.5, 0.6) is 0 Å². The van der Waals surface area contributed by atoms with Crippen molar-refractivity contribution < 1.29 is 4.52 Å². The second-order valence-electron chi connectivity index (χ2n) is 4.06. The van der Waals surface area contributed by atoms with Gasteiger partial charge in [-0.25, -0.2) is 0 Å². The summed E-state index contributed by atoms with van der Waals surface area (Å²) in [6.07, 6.45) is 5.76. The highest BCUT2D eigenvalue weighted by atomic mass is 16.5. The fraction of sp³-hybridized carbons (Fsp3) is 0.417. The molecule has 15 heavy (non-hydrogen) atoms. The molecule has 3 nitrogen and oxygen atoms in total. The highest BCUT2D eigenvalue weighted by molar-refractivity contribution is 5.90. The van der Waals surface area contributed by atoms with E-state index in [2.05, 4.69) is 16.1 Å². The Labute approximate surface area is 88.7 Å². The predicted octanol–water partition coefficient (Wildman–Crippen LogP) is 2.82. The highest BCUT2D eigenvalue weighted by Gasteiger charge is 2.14. The second-order valence-corrected chi connectivity index (χ2v) is 4.06. The van der Waals surface area contributed by atoms with Gasteiger partial charge in [0.1, 0.15) is 0 Å². The molecule has 1 aromatic carbocycles. The molecule has 1 aromatic heterocycles. The van der Waals surface area contributed by atoms with Crippen molar-refractivity contribution in [2.75, 3.05) is 18.0 Å². The molecule has 1 aliphatic heterocycles. The van der Waals surface area contributed by atoms with Crippen molar-refractivity contribution in [1.29, 1.82) is 0 Å². The molecule has 0 bridgehead atoms. The molecule has 0 saturated carbocycles. The summed E-state index contributed by atoms with van der Waals surface area (Å²) in [5.74, 6) is 0. The SMILES string of the molecule is c1cc(N2CCCCC2)c2cnoc2c1. The Morgan fingerprint density at radius 1 is 1.13 bits per heavy atom. The van der Waals surface area contributed by atoms with E-state index in [1.807, 2.05) is 18.3 Å². The van der Waals surface area contributed by atoms with Crippen LogP contribution in [0.1, 0.15) is 19.3 Å². The van der Waals surface area contributed by atoms with Gasteiger partial charge in [-0.05, 0) is 31.4 Å². The molecule has 0 aliphatic carbocycles. The van der Waals surface area contributed by atoms with Crippen molar-refractivity contribution in [2.45, 2.75) is 19.3 Å². The first kappa shape index (κ1) is 8.77. The molecule has 1 saturated heterocycles. The van der Waals surface area contributed by atoms with E-state index >= 15 is 0 Å². The first-order valence-corrected chi connectivity index (χ1v) is 5.53. The van der Waals surface area contributed by atoms with Crippen LogP contribution in [0.4, 0.5) is 5.69 Å². The Kier molecular flexibility index (Phi) is 2.09. The van der Waals surface area contributed by atoms with Gasteiger partial charge in [0, 0.05) is 18.8 Å². The molecule has 0 N–H and O–H groups in total. The third-order valence-electron chi connectivity index (χ3n) is 3.07. The summed E-state index contributed by atoms with van der Waals surface area (Å²) in [6, 6.07) is 6.16. The number of hydrogen-bond acceptors (Lipinski definition) is 3. The molecule has 2 aromatic rings. The minimum atomic E-state index is 0.887. The van der Waals surface area contributed by atoms with Crippen molar-refractivity contribution in [3.8, 4) is 0 Å². The van der Waals surface area contributed by atoms with E-state index < -0.39 is 0 Å². The van der Waals surface area contributed by atoms with Crippen molar-refractivity contribution in [2.24, 2.45) is 0 Å². The van der Waals surface area contributed by atoms with Crippen LogP contribution >= 0.6 is 0 Å². The molecule has 0 unspecified atom stereocenters. The highest BCUT2D eigenvalue weighted by Crippen LogP contribution is 2.28. The summed E-state index contributed by atoms with van der Waals surface area (Å²) in [7, 11) is 0. The van der Waals surface area contributed by atoms with Gasteiger partial charge in [0.25, 0.3) is 0 Å². The van der Waals surface area contributed by atoms with Crippen molar-refractivity contribution in [3.05, 3.63) is 24.4 Å². The standard InChI is InChI=1S/C12H14N2O/c1-2-7-14(8-3-1)11-5-4-6-12-10(11)9-13-15-12/h4-6,9H,1-3,7-8H2. The van der Waals surface area contributed by atoms with E-state index in [1.54, 1.807) is 0 Å². The number of nitrogens with zero attached hydrogens (tertiary/aromatic N) is 2. The van der Waals surface area contributed by atoms with Crippen molar-refractivity contribution in [1.82, 2.24) is 5.16 Å². The molecular formula is C12H14N2O. The molecule has 1 fully saturated rings. The number of anilines is 1. The van der Waals surface area contributed by atoms with Gasteiger partial charge in [-0.3, -0.25) is 0 Å². The van der Waals surface area contributed by atoms with Crippen molar-refractivity contribution >= 4 is 16.7 Å². The van der Waals surface area contributed by atoms with Crippen LogP contribution in [0, 0.1) is 0 Å². The Morgan fingerprint density at radius 3 is 2.87 bits per heavy atom. The van der Waals surface area contributed by atoms with E-state index in [-0.39, 0.29) is 0 Å². The number of rotatable bonds is 1. The zero-order chi connectivity index (χ0) is 10.1. The Balaban J connectivity index is 2.05. The average Bonchev–Trinajstić information content (AvgIpc) is 2.78. The van der Waals surface area contributed by atoms with E-state index in [1.165, 1.54) is 24.9 Å². The maximum Gasteiger partial charge on any atom is 0.168 e. The normalized spacial score (nSPS) is 17.2. The van der Waals surface area contributed by atoms with Crippen LogP contribution < -0.4 is 4.90 Å². The maximum absolute atomic E-state index is 5.17. The summed E-state index contributed by atoms with van der Waals surface area (Å²) in [5, 5.41) is 4.99. The maximum atomic E-state index is 5.17. The summed E-state index contributed by atoms with van der Waals surface area (Å²) in [6.45, 7) is 2.31. The Morgan fingerprint density at radius 2 is 2.00 bits per heavy atom. The molecule has 0 spiro atoms. The van der Waals surface area contributed by atoms with Crippen LogP contribution in [-0.4, -0.2) is 18.2 Å². The lowest BCUT2D eigenvalue weighted by Crippen LogP contribution is -2.29. The van der Waals surface area contributed by atoms with Crippen LogP contribution in [0.3, 0.4) is 0 Å². The Bertz CT molecular complexity index is 457. The van der Waals surface area contributed by atoms with Gasteiger partial charge in [0.2, 0.25) is 0 Å². The van der Waals surface area contributed by atoms with Gasteiger partial charge in [-0.1, -0.05) is 11.2 Å². The quantitative estimate of drug-likeness (QED) is 0.712. The zero-order valence-electron chi connectivity index (χ0n) is 8.65. The fourth-order valence-corrected chi connectivity index (χ4v) is 2.29. The summed E-state index contributed by atoms with van der Waals surface area (Å²) < 4.78 is 5.17. The summed E-state index contributed by atoms with van der Waals surface area (Å²) >= 11 is 0. The minimum Gasteiger partial charge on any atom is -0.371 e. The fourth-order valence-electron chi connectivity index (χ4n) is 2.29. The smallest absolute Gasteiger partial charge is 0.168 e. The number of aromatic nitrogens is 1. The topological polar surface area (TPSA) is 29.3 Å². The number of benzene rings is 1. The zero-order valence-corrected chi connectivity index (χ0v) is 8.65. The predicted molar refractivity (Wildman–Crippen MR) is 60.1 cm³/mol. The lowest BCUT2D eigenvalue weighted by Gasteiger charge is -2.29. The molecule has 1 aliphatic rings. The molecule has 3 heteroatoms. The molecule has 0 radical (unpaired) electrons. The van der Waals surface area contributed by atoms with Gasteiger partial charge < -0.3 is 9.42 Å². The lowest BCUT2D eigenvalue weighted by atomic mass is 10.1. The van der Waals surface area contributed by atoms with Crippen molar-refractivity contribution in [3.63, 3.8) is 0 Å². The monoisotopic (exact) mass is 202 g/mol. The van der Waals surface area contributed by atoms with Gasteiger partial charge >= 0.3 is 0 Å². The molecular weight excluding hydrogens is 188 g/mol. The van der Waals surface area contributed by atoms with Gasteiger partial charge in [0.15, 0.2) is 5.58 Å². The molecule has 0 atom stereocenters. The van der Waals surface area contributed by atoms with E-state index in [0.29, 0.717) is 0 Å². The van der Waals surface area contributed by atoms with Gasteiger partial charge in [0.05, 0.1) is 11.6 Å². The van der Waals surface area contributed by atoms with E-state index in [9.17, 15) is 0 Å². The lowest BCUT2D eigenvalue weighted by molar-refractivity contribution is 0.456. The van der Waals surface area contributed by atoms with Gasteiger partial charge in [-0.15, -0.1) is 0 Å². The molecule has 0 amide bonds. The third kappa shape index (κ3) is 1.48. The first-order chi connectivity index (χ1) is 7.45. The number of hydrogen-bond donors (Lipinski definition) is 0. The summed E-state index contributed by atoms with van der Waals surface area (Å²) in [5.41, 5.74) is 2.16. The van der Waals surface area contributed by atoms with Crippen LogP contribution in [0.2, 0.25) is 0 Å². The number of fused-ring (bicyclic) bond motifs is 1. The molecule has 2 heterocycles. The summed E-state index contributed by atoms with van der Waals surface area (Å²) in [4.78, 5) is 2.43. The van der Waals surface area contributed by atoms with Crippen LogP contribution in [0.25, 0.3) is 11.0 Å². The third-order valence-corrected chi connectivity index (χ3v) is 3.07. The number of piperidine rings is 1. The Hall–Kier alpha value is -1.51. The van der Waals surface area contributed by atoms with Gasteiger partial charge in [-0.2, -0.15) is 0 Å². The first-order valence-electron chi connectivity index (χ1n) is 5.53. The second kappa shape index (κ2) is 3.57. The largest absolute Gasteiger partial charge is 0.371 e.